The first-order valence-electron chi connectivity index (χ1n) is 8.09. The number of ether oxygens (including phenoxy) is 4. The molecule has 28 heavy (non-hydrogen) atoms. The number of methoxy groups -OCH3 is 3. The maximum absolute atomic E-state index is 12.8. The van der Waals surface area contributed by atoms with Crippen LogP contribution in [0, 0.1) is 0 Å². The van der Waals surface area contributed by atoms with Gasteiger partial charge in [-0.2, -0.15) is 0 Å². The molecule has 2 rings (SSSR count). The van der Waals surface area contributed by atoms with Gasteiger partial charge in [0.25, 0.3) is 5.91 Å². The van der Waals surface area contributed by atoms with Crippen molar-refractivity contribution >= 4 is 29.2 Å². The summed E-state index contributed by atoms with van der Waals surface area (Å²) in [6, 6.07) is 4.57. The van der Waals surface area contributed by atoms with Crippen molar-refractivity contribution in [3.05, 3.63) is 40.3 Å². The Balaban J connectivity index is 2.19. The summed E-state index contributed by atoms with van der Waals surface area (Å²) in [6.45, 7) is -0.534. The number of esters is 2. The molecule has 0 aliphatic rings. The van der Waals surface area contributed by atoms with Crippen molar-refractivity contribution in [2.45, 2.75) is 6.61 Å². The number of carbonyl (C=O) groups excluding carboxylic acids is 3. The second-order valence-corrected chi connectivity index (χ2v) is 6.17. The van der Waals surface area contributed by atoms with Crippen LogP contribution in [0.25, 0.3) is 0 Å². The molecule has 0 unspecified atom stereocenters. The van der Waals surface area contributed by atoms with E-state index in [-0.39, 0.29) is 12.2 Å². The van der Waals surface area contributed by atoms with Crippen LogP contribution in [-0.2, 0) is 25.7 Å². The van der Waals surface area contributed by atoms with Gasteiger partial charge in [0.1, 0.15) is 19.7 Å². The molecule has 0 N–H and O–H groups in total. The zero-order valence-electron chi connectivity index (χ0n) is 15.7. The third-order valence-corrected chi connectivity index (χ3v) is 4.29. The quantitative estimate of drug-likeness (QED) is 0.575. The van der Waals surface area contributed by atoms with Crippen LogP contribution in [0.3, 0.4) is 0 Å². The maximum atomic E-state index is 12.8. The molecule has 0 atom stereocenters. The van der Waals surface area contributed by atoms with Gasteiger partial charge < -0.3 is 23.8 Å². The first-order valence-corrected chi connectivity index (χ1v) is 9.03. The van der Waals surface area contributed by atoms with Crippen LogP contribution >= 0.6 is 11.3 Å². The molecule has 1 aromatic carbocycles. The van der Waals surface area contributed by atoms with Gasteiger partial charge in [0.15, 0.2) is 11.5 Å². The van der Waals surface area contributed by atoms with Gasteiger partial charge >= 0.3 is 11.9 Å². The van der Waals surface area contributed by atoms with Crippen molar-refractivity contribution < 1.29 is 33.3 Å². The summed E-state index contributed by atoms with van der Waals surface area (Å²) < 4.78 is 20.1. The minimum Gasteiger partial charge on any atom is -0.493 e. The highest BCUT2D eigenvalue weighted by molar-refractivity contribution is 7.07. The lowest BCUT2D eigenvalue weighted by Crippen LogP contribution is -2.40. The van der Waals surface area contributed by atoms with Crippen LogP contribution in [-0.4, -0.2) is 62.1 Å². The van der Waals surface area contributed by atoms with E-state index in [0.717, 1.165) is 10.6 Å². The molecule has 150 valence electrons. The summed E-state index contributed by atoms with van der Waals surface area (Å²) in [5.74, 6) is -1.11. The minimum atomic E-state index is -0.660. The van der Waals surface area contributed by atoms with E-state index >= 15 is 0 Å². The molecular formula is C18H20N2O7S. The number of amides is 1. The molecule has 0 bridgehead atoms. The minimum absolute atomic E-state index is 0.214. The zero-order valence-corrected chi connectivity index (χ0v) is 16.5. The number of carbonyl (C=O) groups is 3. The van der Waals surface area contributed by atoms with E-state index in [9.17, 15) is 14.4 Å². The van der Waals surface area contributed by atoms with Gasteiger partial charge in [-0.05, 0) is 18.2 Å². The van der Waals surface area contributed by atoms with Gasteiger partial charge in [0.2, 0.25) is 0 Å². The molecule has 0 aliphatic heterocycles. The SMILES string of the molecule is COC(=O)CN(CC(=O)OC)C(=O)c1ccc(OCc2cscn2)c(OC)c1. The molecule has 2 aromatic rings. The monoisotopic (exact) mass is 408 g/mol. The lowest BCUT2D eigenvalue weighted by Gasteiger charge is -2.20. The average Bonchev–Trinajstić information content (AvgIpc) is 3.24. The largest absolute Gasteiger partial charge is 0.493 e. The lowest BCUT2D eigenvalue weighted by molar-refractivity contribution is -0.144. The Morgan fingerprint density at radius 3 is 2.25 bits per heavy atom. The predicted octanol–water partition coefficient (Wildman–Crippen LogP) is 1.52. The van der Waals surface area contributed by atoms with E-state index < -0.39 is 30.9 Å². The fourth-order valence-electron chi connectivity index (χ4n) is 2.20. The number of nitrogens with zero attached hydrogens (tertiary/aromatic N) is 2. The van der Waals surface area contributed by atoms with E-state index in [1.54, 1.807) is 11.6 Å². The highest BCUT2D eigenvalue weighted by atomic mass is 32.1. The maximum Gasteiger partial charge on any atom is 0.325 e. The normalized spacial score (nSPS) is 10.1. The molecule has 10 heteroatoms. The molecule has 0 fully saturated rings. The number of benzene rings is 1. The van der Waals surface area contributed by atoms with Gasteiger partial charge in [0, 0.05) is 10.9 Å². The number of hydrogen-bond acceptors (Lipinski definition) is 9. The molecule has 9 nitrogen and oxygen atoms in total. The number of rotatable bonds is 9. The summed E-state index contributed by atoms with van der Waals surface area (Å²) in [4.78, 5) is 41.1. The van der Waals surface area contributed by atoms with Crippen LogP contribution in [0.1, 0.15) is 16.1 Å². The van der Waals surface area contributed by atoms with Crippen molar-refractivity contribution in [1.82, 2.24) is 9.88 Å². The highest BCUT2D eigenvalue weighted by Crippen LogP contribution is 2.29. The van der Waals surface area contributed by atoms with E-state index in [0.29, 0.717) is 11.5 Å². The second-order valence-electron chi connectivity index (χ2n) is 5.45. The smallest absolute Gasteiger partial charge is 0.325 e. The summed E-state index contributed by atoms with van der Waals surface area (Å²) >= 11 is 1.46. The van der Waals surface area contributed by atoms with Gasteiger partial charge in [-0.3, -0.25) is 14.4 Å². The predicted molar refractivity (Wildman–Crippen MR) is 99.4 cm³/mol. The highest BCUT2D eigenvalue weighted by Gasteiger charge is 2.23. The topological polar surface area (TPSA) is 104 Å². The Morgan fingerprint density at radius 2 is 1.71 bits per heavy atom. The molecule has 0 saturated heterocycles. The Labute approximate surface area is 165 Å². The number of hydrogen-bond donors (Lipinski definition) is 0. The summed E-state index contributed by atoms with van der Waals surface area (Å²) in [7, 11) is 3.83. The fraction of sp³-hybridized carbons (Fsp3) is 0.333. The van der Waals surface area contributed by atoms with Gasteiger partial charge in [-0.25, -0.2) is 4.98 Å². The summed E-state index contributed by atoms with van der Waals surface area (Å²) in [5.41, 5.74) is 2.69. The molecule has 0 radical (unpaired) electrons. The van der Waals surface area contributed by atoms with E-state index in [2.05, 4.69) is 14.5 Å². The number of thiazole rings is 1. The van der Waals surface area contributed by atoms with Crippen molar-refractivity contribution in [2.75, 3.05) is 34.4 Å². The Morgan fingerprint density at radius 1 is 1.04 bits per heavy atom. The number of aromatic nitrogens is 1. The first kappa shape index (κ1) is 21.2. The molecule has 0 saturated carbocycles. The van der Waals surface area contributed by atoms with Crippen molar-refractivity contribution in [1.29, 1.82) is 0 Å². The van der Waals surface area contributed by atoms with E-state index in [1.807, 2.05) is 5.38 Å². The third kappa shape index (κ3) is 5.68. The first-order chi connectivity index (χ1) is 13.5. The van der Waals surface area contributed by atoms with E-state index in [1.165, 1.54) is 44.8 Å². The van der Waals surface area contributed by atoms with E-state index in [4.69, 9.17) is 9.47 Å². The summed E-state index contributed by atoms with van der Waals surface area (Å²) in [6.07, 6.45) is 0. The molecule has 1 aromatic heterocycles. The molecule has 1 amide bonds. The lowest BCUT2D eigenvalue weighted by atomic mass is 10.1. The third-order valence-electron chi connectivity index (χ3n) is 3.65. The Hall–Kier alpha value is -3.14. The van der Waals surface area contributed by atoms with Crippen LogP contribution in [0.2, 0.25) is 0 Å². The van der Waals surface area contributed by atoms with Gasteiger partial charge in [-0.15, -0.1) is 11.3 Å². The standard InChI is InChI=1S/C18H20N2O7S/c1-24-15-6-12(4-5-14(15)27-9-13-10-28-11-19-13)18(23)20(7-16(21)25-2)8-17(22)26-3/h4-6,10-11H,7-9H2,1-3H3. The van der Waals surface area contributed by atoms with Gasteiger partial charge in [0.05, 0.1) is 32.5 Å². The zero-order chi connectivity index (χ0) is 20.5. The molecule has 0 spiro atoms. The fourth-order valence-corrected chi connectivity index (χ4v) is 2.75. The Bertz CT molecular complexity index is 805. The molecular weight excluding hydrogens is 388 g/mol. The van der Waals surface area contributed by atoms with Crippen LogP contribution in [0.5, 0.6) is 11.5 Å². The van der Waals surface area contributed by atoms with Crippen LogP contribution in [0.4, 0.5) is 0 Å². The van der Waals surface area contributed by atoms with Crippen molar-refractivity contribution in [3.8, 4) is 11.5 Å². The molecule has 0 aliphatic carbocycles. The second kappa shape index (κ2) is 10.3. The Kier molecular flexibility index (Phi) is 7.76. The molecule has 1 heterocycles. The van der Waals surface area contributed by atoms with Crippen molar-refractivity contribution in [2.24, 2.45) is 0 Å². The average molecular weight is 408 g/mol. The van der Waals surface area contributed by atoms with Crippen LogP contribution in [0.15, 0.2) is 29.1 Å². The van der Waals surface area contributed by atoms with Gasteiger partial charge in [-0.1, -0.05) is 0 Å². The van der Waals surface area contributed by atoms with Crippen molar-refractivity contribution in [3.63, 3.8) is 0 Å². The summed E-state index contributed by atoms with van der Waals surface area (Å²) in [5, 5.41) is 1.86. The van der Waals surface area contributed by atoms with Crippen LogP contribution < -0.4 is 9.47 Å².